The summed E-state index contributed by atoms with van der Waals surface area (Å²) in [6.07, 6.45) is 3.70. The number of benzene rings is 9. The smallest absolute Gasteiger partial charge is 0.422 e. The summed E-state index contributed by atoms with van der Waals surface area (Å²) in [4.78, 5) is 23.6. The monoisotopic (exact) mass is 1170 g/mol. The standard InChI is InChI=1S/C39H24N4.C21H12Br2N2.C9H8BNO2/c1-5-13-33-25(9-1)16-19-35(41-33)27-18-21-37-31(23-27)32-24-30(36-20-17-26-10-2-6-14-34(26)42-36)28-11-3-4-12-29(28)39(32)43(37)38-15-7-8-22-40-38;22-13-8-9-19-16(11-13)17-12-18(23)14-5-1-2-6-15(14)21(17)25(19)20-7-3-4-10-24-20;12-10(13)9-6-5-7-3-1-2-4-8(7)11-9/h1-24H;1-12H;1-6,12-13H. The Morgan fingerprint density at radius 3 is 1.44 bits per heavy atom. The van der Waals surface area contributed by atoms with Crippen LogP contribution in [0, 0.1) is 0 Å². The van der Waals surface area contributed by atoms with Gasteiger partial charge in [-0.25, -0.2) is 19.9 Å². The second kappa shape index (κ2) is 21.0. The second-order valence-electron chi connectivity index (χ2n) is 19.7. The highest BCUT2D eigenvalue weighted by Gasteiger charge is 2.21. The van der Waals surface area contributed by atoms with Gasteiger partial charge in [0.1, 0.15) is 11.6 Å². The van der Waals surface area contributed by atoms with Crippen LogP contribution in [0.1, 0.15) is 0 Å². The Bertz CT molecular complexity index is 5090. The summed E-state index contributed by atoms with van der Waals surface area (Å²) in [6, 6.07) is 82.9. The fraction of sp³-hybridized carbons (Fsp3) is 0. The van der Waals surface area contributed by atoms with Crippen LogP contribution in [0.2, 0.25) is 0 Å². The molecule has 0 aliphatic carbocycles. The number of halogens is 2. The molecule has 0 saturated carbocycles. The number of fused-ring (bicyclic) bond motifs is 13. The van der Waals surface area contributed by atoms with E-state index in [2.05, 4.69) is 221 Å². The molecule has 0 aliphatic rings. The Balaban J connectivity index is 0.000000129. The molecule has 16 aromatic rings. The third-order valence-corrected chi connectivity index (χ3v) is 16.0. The summed E-state index contributed by atoms with van der Waals surface area (Å²) in [5.41, 5.74) is 11.7. The van der Waals surface area contributed by atoms with Gasteiger partial charge in [-0.05, 0) is 114 Å². The molecule has 0 radical (unpaired) electrons. The molecule has 12 heteroatoms. The lowest BCUT2D eigenvalue weighted by molar-refractivity contribution is 0.424. The summed E-state index contributed by atoms with van der Waals surface area (Å²) in [6.45, 7) is 0. The van der Waals surface area contributed by atoms with Crippen LogP contribution >= 0.6 is 31.9 Å². The molecule has 0 spiro atoms. The molecule has 0 unspecified atom stereocenters. The average Bonchev–Trinajstić information content (AvgIpc) is 4.08. The molecule has 0 aliphatic heterocycles. The van der Waals surface area contributed by atoms with Crippen LogP contribution < -0.4 is 5.59 Å². The van der Waals surface area contributed by atoms with Gasteiger partial charge in [-0.15, -0.1) is 0 Å². The number of hydrogen-bond donors (Lipinski definition) is 2. The normalized spacial score (nSPS) is 11.5. The van der Waals surface area contributed by atoms with Gasteiger partial charge in [0.25, 0.3) is 0 Å². The van der Waals surface area contributed by atoms with Crippen LogP contribution in [-0.4, -0.2) is 51.2 Å². The van der Waals surface area contributed by atoms with Crippen molar-refractivity contribution in [3.63, 3.8) is 0 Å². The lowest BCUT2D eigenvalue weighted by Gasteiger charge is -2.12. The molecule has 0 fully saturated rings. The van der Waals surface area contributed by atoms with Crippen LogP contribution in [0.5, 0.6) is 0 Å². The Hall–Kier alpha value is -9.43. The van der Waals surface area contributed by atoms with E-state index >= 15 is 0 Å². The summed E-state index contributed by atoms with van der Waals surface area (Å²) >= 11 is 7.37. The molecule has 7 aromatic heterocycles. The topological polar surface area (TPSA) is 115 Å². The third-order valence-electron chi connectivity index (χ3n) is 14.9. The summed E-state index contributed by atoms with van der Waals surface area (Å²) in [7, 11) is -1.50. The van der Waals surface area contributed by atoms with Crippen LogP contribution in [0.3, 0.4) is 0 Å². The fourth-order valence-electron chi connectivity index (χ4n) is 11.2. The van der Waals surface area contributed by atoms with E-state index in [4.69, 9.17) is 25.0 Å². The Labute approximate surface area is 481 Å². The molecule has 0 amide bonds. The first kappa shape index (κ1) is 49.8. The Morgan fingerprint density at radius 1 is 0.358 bits per heavy atom. The van der Waals surface area contributed by atoms with E-state index in [1.54, 1.807) is 6.07 Å². The van der Waals surface area contributed by atoms with Crippen molar-refractivity contribution in [2.75, 3.05) is 0 Å². The minimum atomic E-state index is -1.50. The van der Waals surface area contributed by atoms with Crippen LogP contribution in [0.4, 0.5) is 0 Å². The first-order valence-electron chi connectivity index (χ1n) is 26.4. The minimum absolute atomic E-state index is 0.277. The summed E-state index contributed by atoms with van der Waals surface area (Å²) in [5, 5.41) is 30.5. The predicted octanol–water partition coefficient (Wildman–Crippen LogP) is 16.5. The maximum atomic E-state index is 8.88. The lowest BCUT2D eigenvalue weighted by atomic mass is 9.85. The van der Waals surface area contributed by atoms with Gasteiger partial charge in [0.05, 0.1) is 55.6 Å². The lowest BCUT2D eigenvalue weighted by Crippen LogP contribution is -2.32. The zero-order valence-corrected chi connectivity index (χ0v) is 46.3. The van der Waals surface area contributed by atoms with Gasteiger partial charge in [-0.1, -0.05) is 171 Å². The van der Waals surface area contributed by atoms with Crippen molar-refractivity contribution >= 4 is 142 Å². The van der Waals surface area contributed by atoms with E-state index in [-0.39, 0.29) is 5.59 Å². The van der Waals surface area contributed by atoms with Crippen molar-refractivity contribution in [3.05, 3.63) is 264 Å². The molecule has 9 aromatic carbocycles. The SMILES string of the molecule is Brc1ccc2c(c1)c1cc(Br)c3ccccc3c1n2-c1ccccn1.OB(O)c1ccc2ccccc2n1.c1ccc(-n2c3ccc(-c4ccc5ccccc5n4)cc3c3cc(-c4ccc5ccccc5n4)c4ccccc4c32)nc1. The van der Waals surface area contributed by atoms with Gasteiger partial charge in [-0.3, -0.25) is 14.1 Å². The van der Waals surface area contributed by atoms with Crippen molar-refractivity contribution in [2.24, 2.45) is 0 Å². The number of rotatable bonds is 5. The van der Waals surface area contributed by atoms with Gasteiger partial charge >= 0.3 is 7.12 Å². The van der Waals surface area contributed by atoms with Gasteiger partial charge in [0.2, 0.25) is 0 Å². The Kier molecular flexibility index (Phi) is 12.9. The zero-order valence-electron chi connectivity index (χ0n) is 43.1. The first-order valence-corrected chi connectivity index (χ1v) is 28.0. The summed E-state index contributed by atoms with van der Waals surface area (Å²) in [5.74, 6) is 1.82. The maximum Gasteiger partial charge on any atom is 0.508 e. The Morgan fingerprint density at radius 2 is 0.840 bits per heavy atom. The number of para-hydroxylation sites is 3. The van der Waals surface area contributed by atoms with Crippen molar-refractivity contribution in [1.82, 2.24) is 34.1 Å². The van der Waals surface area contributed by atoms with E-state index in [1.165, 1.54) is 27.1 Å². The van der Waals surface area contributed by atoms with Crippen LogP contribution in [0.25, 0.3) is 132 Å². The molecule has 7 heterocycles. The van der Waals surface area contributed by atoms with Gasteiger partial charge < -0.3 is 10.0 Å². The molecule has 16 rings (SSSR count). The van der Waals surface area contributed by atoms with E-state index in [9.17, 15) is 0 Å². The number of aromatic nitrogens is 7. The molecule has 81 heavy (non-hydrogen) atoms. The minimum Gasteiger partial charge on any atom is -0.422 e. The van der Waals surface area contributed by atoms with E-state index in [0.29, 0.717) is 0 Å². The van der Waals surface area contributed by atoms with Crippen molar-refractivity contribution in [2.45, 2.75) is 0 Å². The second-order valence-corrected chi connectivity index (χ2v) is 21.5. The fourth-order valence-corrected chi connectivity index (χ4v) is 12.1. The largest absolute Gasteiger partial charge is 0.508 e. The van der Waals surface area contributed by atoms with Gasteiger partial charge in [0, 0.05) is 80.9 Å². The molecular formula is C69H44BBr2N7O2. The maximum absolute atomic E-state index is 8.88. The molecule has 0 saturated heterocycles. The van der Waals surface area contributed by atoms with Crippen molar-refractivity contribution < 1.29 is 10.0 Å². The van der Waals surface area contributed by atoms with E-state index in [0.717, 1.165) is 114 Å². The van der Waals surface area contributed by atoms with E-state index in [1.807, 2.05) is 79.1 Å². The molecule has 0 atom stereocenters. The summed E-state index contributed by atoms with van der Waals surface area (Å²) < 4.78 is 6.73. The zero-order chi connectivity index (χ0) is 54.6. The molecule has 9 nitrogen and oxygen atoms in total. The van der Waals surface area contributed by atoms with Crippen molar-refractivity contribution in [3.8, 4) is 34.2 Å². The highest BCUT2D eigenvalue weighted by Crippen LogP contribution is 2.43. The molecule has 2 N–H and O–H groups in total. The third kappa shape index (κ3) is 9.14. The van der Waals surface area contributed by atoms with Crippen LogP contribution in [-0.2, 0) is 0 Å². The predicted molar refractivity (Wildman–Crippen MR) is 341 cm³/mol. The number of pyridine rings is 5. The number of nitrogens with zero attached hydrogens (tertiary/aromatic N) is 7. The van der Waals surface area contributed by atoms with Crippen LogP contribution in [0.15, 0.2) is 264 Å². The highest BCUT2D eigenvalue weighted by molar-refractivity contribution is 9.11. The first-order chi connectivity index (χ1) is 39.8. The molecular weight excluding hydrogens is 1130 g/mol. The van der Waals surface area contributed by atoms with Gasteiger partial charge in [-0.2, -0.15) is 0 Å². The number of hydrogen-bond acceptors (Lipinski definition) is 7. The molecule has 0 bridgehead atoms. The van der Waals surface area contributed by atoms with Gasteiger partial charge in [0.15, 0.2) is 0 Å². The quantitative estimate of drug-likeness (QED) is 0.165. The van der Waals surface area contributed by atoms with Crippen molar-refractivity contribution in [1.29, 1.82) is 0 Å². The average molecular weight is 1170 g/mol. The van der Waals surface area contributed by atoms with E-state index < -0.39 is 7.12 Å². The molecule has 384 valence electrons. The highest BCUT2D eigenvalue weighted by atomic mass is 79.9.